The Bertz CT molecular complexity index is 1200. The highest BCUT2D eigenvalue weighted by Crippen LogP contribution is 2.40. The van der Waals surface area contributed by atoms with Gasteiger partial charge in [-0.25, -0.2) is 22.9 Å². The van der Waals surface area contributed by atoms with Gasteiger partial charge in [-0.2, -0.15) is 0 Å². The van der Waals surface area contributed by atoms with Crippen molar-refractivity contribution in [3.05, 3.63) is 48.3 Å². The lowest BCUT2D eigenvalue weighted by molar-refractivity contribution is -0.0384. The van der Waals surface area contributed by atoms with Crippen molar-refractivity contribution in [2.24, 2.45) is 0 Å². The first-order chi connectivity index (χ1) is 16.1. The lowest BCUT2D eigenvalue weighted by atomic mass is 9.84. The molecule has 0 aromatic carbocycles. The van der Waals surface area contributed by atoms with Crippen LogP contribution in [0.3, 0.4) is 0 Å². The van der Waals surface area contributed by atoms with Crippen LogP contribution in [-0.2, 0) is 0 Å². The number of aromatic nitrogens is 3. The molecule has 0 bridgehead atoms. The summed E-state index contributed by atoms with van der Waals surface area (Å²) >= 11 is 0. The van der Waals surface area contributed by atoms with Gasteiger partial charge in [0.1, 0.15) is 11.5 Å². The molecule has 8 nitrogen and oxygen atoms in total. The van der Waals surface area contributed by atoms with E-state index in [1.807, 2.05) is 0 Å². The molecule has 0 atom stereocenters. The fourth-order valence-corrected chi connectivity index (χ4v) is 4.06. The Hall–Kier alpha value is -3.47. The number of urea groups is 1. The SMILES string of the molecule is CN(C)CC(=O)n1cc(NC(=O)Nc2ccc(C3CCC(F)(F)CC3)nc2)c2cc(F)cnc21. The summed E-state index contributed by atoms with van der Waals surface area (Å²) in [7, 11) is 3.48. The van der Waals surface area contributed by atoms with Gasteiger partial charge >= 0.3 is 6.03 Å². The molecule has 1 aliphatic carbocycles. The lowest BCUT2D eigenvalue weighted by Gasteiger charge is -2.27. The molecule has 0 radical (unpaired) electrons. The number of nitrogens with zero attached hydrogens (tertiary/aromatic N) is 4. The predicted molar refractivity (Wildman–Crippen MR) is 122 cm³/mol. The number of anilines is 2. The molecular formula is C23H25F3N6O2. The average molecular weight is 474 g/mol. The highest BCUT2D eigenvalue weighted by molar-refractivity contribution is 6.07. The zero-order chi connectivity index (χ0) is 24.5. The van der Waals surface area contributed by atoms with E-state index in [4.69, 9.17) is 0 Å². The van der Waals surface area contributed by atoms with Crippen LogP contribution >= 0.6 is 0 Å². The Morgan fingerprint density at radius 2 is 1.88 bits per heavy atom. The molecule has 1 saturated carbocycles. The molecule has 0 saturated heterocycles. The maximum atomic E-state index is 13.8. The second-order valence-electron chi connectivity index (χ2n) is 8.75. The standard InChI is InChI=1S/C23H25F3N6O2/c1-31(2)13-20(33)32-12-19(17-9-15(24)10-28-21(17)32)30-22(34)29-16-3-4-18(27-11-16)14-5-7-23(25,26)8-6-14/h3-4,9-12,14H,5-8,13H2,1-2H3,(H2,29,30,34). The van der Waals surface area contributed by atoms with Crippen molar-refractivity contribution in [3.63, 3.8) is 0 Å². The Kier molecular flexibility index (Phi) is 6.56. The predicted octanol–water partition coefficient (Wildman–Crippen LogP) is 4.71. The van der Waals surface area contributed by atoms with E-state index in [1.165, 1.54) is 23.0 Å². The fraction of sp³-hybridized carbons (Fsp3) is 0.391. The van der Waals surface area contributed by atoms with E-state index in [1.54, 1.807) is 31.1 Å². The molecular weight excluding hydrogens is 449 g/mol. The molecule has 3 heterocycles. The van der Waals surface area contributed by atoms with Crippen molar-refractivity contribution in [2.45, 2.75) is 37.5 Å². The van der Waals surface area contributed by atoms with Gasteiger partial charge in [0.05, 0.1) is 30.3 Å². The Morgan fingerprint density at radius 3 is 2.53 bits per heavy atom. The average Bonchev–Trinajstić information content (AvgIpc) is 3.11. The molecule has 4 rings (SSSR count). The summed E-state index contributed by atoms with van der Waals surface area (Å²) in [6.45, 7) is 0.102. The number of alkyl halides is 2. The maximum absolute atomic E-state index is 13.8. The van der Waals surface area contributed by atoms with Crippen molar-refractivity contribution < 1.29 is 22.8 Å². The van der Waals surface area contributed by atoms with E-state index in [9.17, 15) is 22.8 Å². The van der Waals surface area contributed by atoms with Crippen LogP contribution in [0.1, 0.15) is 42.1 Å². The lowest BCUT2D eigenvalue weighted by Crippen LogP contribution is -2.26. The number of fused-ring (bicyclic) bond motifs is 1. The van der Waals surface area contributed by atoms with Crippen molar-refractivity contribution in [2.75, 3.05) is 31.3 Å². The molecule has 0 unspecified atom stereocenters. The number of rotatable bonds is 5. The van der Waals surface area contributed by atoms with Gasteiger partial charge in [0.25, 0.3) is 0 Å². The number of halogens is 3. The first-order valence-electron chi connectivity index (χ1n) is 10.9. The van der Waals surface area contributed by atoms with Crippen LogP contribution in [0.25, 0.3) is 11.0 Å². The normalized spacial score (nSPS) is 16.1. The Labute approximate surface area is 194 Å². The van der Waals surface area contributed by atoms with Crippen molar-refractivity contribution in [1.29, 1.82) is 0 Å². The van der Waals surface area contributed by atoms with Crippen LogP contribution in [0.15, 0.2) is 36.8 Å². The third-order valence-corrected chi connectivity index (χ3v) is 5.76. The quantitative estimate of drug-likeness (QED) is 0.559. The van der Waals surface area contributed by atoms with Gasteiger partial charge in [-0.3, -0.25) is 14.3 Å². The van der Waals surface area contributed by atoms with Crippen molar-refractivity contribution >= 4 is 34.3 Å². The van der Waals surface area contributed by atoms with E-state index >= 15 is 0 Å². The molecule has 1 aliphatic rings. The van der Waals surface area contributed by atoms with Crippen LogP contribution in [0.4, 0.5) is 29.3 Å². The number of nitrogens with one attached hydrogen (secondary N) is 2. The number of carbonyl (C=O) groups is 2. The van der Waals surface area contributed by atoms with Gasteiger partial charge in [-0.1, -0.05) is 0 Å². The highest BCUT2D eigenvalue weighted by Gasteiger charge is 2.35. The minimum Gasteiger partial charge on any atom is -0.306 e. The molecule has 180 valence electrons. The van der Waals surface area contributed by atoms with Gasteiger partial charge in [-0.05, 0) is 45.1 Å². The largest absolute Gasteiger partial charge is 0.323 e. The molecule has 1 fully saturated rings. The number of carbonyl (C=O) groups excluding carboxylic acids is 2. The number of hydrogen-bond donors (Lipinski definition) is 2. The zero-order valence-electron chi connectivity index (χ0n) is 18.8. The minimum atomic E-state index is -2.60. The topological polar surface area (TPSA) is 92.2 Å². The van der Waals surface area contributed by atoms with E-state index in [2.05, 4.69) is 20.6 Å². The van der Waals surface area contributed by atoms with Gasteiger partial charge in [0, 0.05) is 36.0 Å². The Balaban J connectivity index is 1.46. The van der Waals surface area contributed by atoms with Gasteiger partial charge in [-0.15, -0.1) is 0 Å². The third kappa shape index (κ3) is 5.36. The van der Waals surface area contributed by atoms with Crippen LogP contribution in [0.2, 0.25) is 0 Å². The van der Waals surface area contributed by atoms with Crippen LogP contribution in [0.5, 0.6) is 0 Å². The summed E-state index contributed by atoms with van der Waals surface area (Å²) in [5, 5.41) is 5.54. The summed E-state index contributed by atoms with van der Waals surface area (Å²) in [4.78, 5) is 35.1. The minimum absolute atomic E-state index is 0.0317. The van der Waals surface area contributed by atoms with Gasteiger partial charge in [0.2, 0.25) is 11.8 Å². The summed E-state index contributed by atoms with van der Waals surface area (Å²) in [6, 6.07) is 3.95. The number of amides is 2. The van der Waals surface area contributed by atoms with Crippen LogP contribution in [0, 0.1) is 5.82 Å². The summed E-state index contributed by atoms with van der Waals surface area (Å²) < 4.78 is 41.8. The summed E-state index contributed by atoms with van der Waals surface area (Å²) in [5.74, 6) is -3.53. The van der Waals surface area contributed by atoms with E-state index in [0.29, 0.717) is 24.2 Å². The molecule has 3 aromatic heterocycles. The van der Waals surface area contributed by atoms with Gasteiger partial charge in [0.15, 0.2) is 0 Å². The smallest absolute Gasteiger partial charge is 0.306 e. The molecule has 34 heavy (non-hydrogen) atoms. The van der Waals surface area contributed by atoms with Crippen LogP contribution < -0.4 is 10.6 Å². The number of likely N-dealkylation sites (N-methyl/N-ethyl adjacent to an activating group) is 1. The number of hydrogen-bond acceptors (Lipinski definition) is 5. The van der Waals surface area contributed by atoms with Crippen LogP contribution in [-0.4, -0.2) is 57.9 Å². The molecule has 0 spiro atoms. The maximum Gasteiger partial charge on any atom is 0.323 e. The second kappa shape index (κ2) is 9.41. The molecule has 3 aromatic rings. The number of pyridine rings is 2. The van der Waals surface area contributed by atoms with E-state index in [0.717, 1.165) is 6.20 Å². The first-order valence-corrected chi connectivity index (χ1v) is 10.9. The summed E-state index contributed by atoms with van der Waals surface area (Å²) in [5.41, 5.74) is 1.57. The zero-order valence-corrected chi connectivity index (χ0v) is 18.8. The van der Waals surface area contributed by atoms with Crippen molar-refractivity contribution in [3.8, 4) is 0 Å². The highest BCUT2D eigenvalue weighted by atomic mass is 19.3. The van der Waals surface area contributed by atoms with Crippen molar-refractivity contribution in [1.82, 2.24) is 19.4 Å². The molecule has 0 aliphatic heterocycles. The van der Waals surface area contributed by atoms with Gasteiger partial charge < -0.3 is 15.5 Å². The van der Waals surface area contributed by atoms with E-state index < -0.39 is 17.8 Å². The summed E-state index contributed by atoms with van der Waals surface area (Å²) in [6.07, 6.45) is 4.31. The van der Waals surface area contributed by atoms with E-state index in [-0.39, 0.29) is 47.9 Å². The monoisotopic (exact) mass is 474 g/mol. The Morgan fingerprint density at radius 1 is 1.15 bits per heavy atom. The molecule has 2 amide bonds. The third-order valence-electron chi connectivity index (χ3n) is 5.76. The fourth-order valence-electron chi connectivity index (χ4n) is 4.06. The second-order valence-corrected chi connectivity index (χ2v) is 8.75. The molecule has 11 heteroatoms. The molecule has 2 N–H and O–H groups in total. The first kappa shape index (κ1) is 23.7.